The topological polar surface area (TPSA) is 108 Å². The van der Waals surface area contributed by atoms with Crippen molar-refractivity contribution in [2.45, 2.75) is 52.1 Å². The summed E-state index contributed by atoms with van der Waals surface area (Å²) in [6.45, 7) is 5.65. The van der Waals surface area contributed by atoms with Crippen molar-refractivity contribution in [1.82, 2.24) is 0 Å². The Hall–Kier alpha value is -2.77. The van der Waals surface area contributed by atoms with Crippen molar-refractivity contribution in [3.63, 3.8) is 0 Å². The molecule has 1 aliphatic carbocycles. The van der Waals surface area contributed by atoms with Gasteiger partial charge >= 0.3 is 12.1 Å². The fourth-order valence-electron chi connectivity index (χ4n) is 2.70. The smallest absolute Gasteiger partial charge is 0.434 e. The molecule has 0 aliphatic heterocycles. The lowest BCUT2D eigenvalue weighted by Crippen LogP contribution is -2.24. The Morgan fingerprint density at radius 3 is 2.30 bits per heavy atom. The third-order valence-electron chi connectivity index (χ3n) is 4.09. The molecule has 0 aromatic heterocycles. The highest BCUT2D eigenvalue weighted by atomic mass is 16.6. The Kier molecular flexibility index (Phi) is 6.65. The zero-order valence-corrected chi connectivity index (χ0v) is 15.8. The molecule has 0 saturated heterocycles. The van der Waals surface area contributed by atoms with Crippen LogP contribution >= 0.6 is 0 Å². The van der Waals surface area contributed by atoms with Crippen molar-refractivity contribution in [3.05, 3.63) is 39.9 Å². The van der Waals surface area contributed by atoms with E-state index >= 15 is 0 Å². The molecular formula is C19H24N2O6. The van der Waals surface area contributed by atoms with Gasteiger partial charge in [0.25, 0.3) is 5.69 Å². The zero-order valence-electron chi connectivity index (χ0n) is 15.8. The lowest BCUT2D eigenvalue weighted by atomic mass is 9.88. The van der Waals surface area contributed by atoms with Gasteiger partial charge in [-0.25, -0.2) is 9.59 Å². The number of nitro groups is 1. The zero-order chi connectivity index (χ0) is 20.0. The summed E-state index contributed by atoms with van der Waals surface area (Å²) in [6, 6.07) is 5.31. The second kappa shape index (κ2) is 8.75. The average Bonchev–Trinajstić information content (AvgIpc) is 2.59. The molecule has 1 amide bonds. The van der Waals surface area contributed by atoms with Gasteiger partial charge in [0.05, 0.1) is 17.1 Å². The van der Waals surface area contributed by atoms with Crippen LogP contribution < -0.4 is 0 Å². The Balaban J connectivity index is 1.78. The Morgan fingerprint density at radius 1 is 1.19 bits per heavy atom. The number of esters is 1. The van der Waals surface area contributed by atoms with Crippen molar-refractivity contribution >= 4 is 23.5 Å². The molecule has 8 nitrogen and oxygen atoms in total. The molecule has 1 aromatic carbocycles. The molecule has 1 fully saturated rings. The van der Waals surface area contributed by atoms with E-state index in [1.165, 1.54) is 24.3 Å². The minimum Gasteiger partial charge on any atom is -0.462 e. The molecular weight excluding hydrogens is 352 g/mol. The first-order chi connectivity index (χ1) is 12.6. The van der Waals surface area contributed by atoms with Crippen LogP contribution in [0.2, 0.25) is 0 Å². The summed E-state index contributed by atoms with van der Waals surface area (Å²) in [5, 5.41) is 10.6. The molecule has 0 heterocycles. The van der Waals surface area contributed by atoms with Crippen LogP contribution in [0.4, 0.5) is 10.5 Å². The normalized spacial score (nSPS) is 17.1. The summed E-state index contributed by atoms with van der Waals surface area (Å²) in [7, 11) is 0. The van der Waals surface area contributed by atoms with Crippen LogP contribution in [-0.4, -0.2) is 34.9 Å². The molecule has 0 unspecified atom stereocenters. The lowest BCUT2D eigenvalue weighted by molar-refractivity contribution is -0.384. The van der Waals surface area contributed by atoms with Gasteiger partial charge in [-0.2, -0.15) is 4.99 Å². The Labute approximate surface area is 157 Å². The summed E-state index contributed by atoms with van der Waals surface area (Å²) >= 11 is 0. The van der Waals surface area contributed by atoms with Crippen molar-refractivity contribution in [2.75, 3.05) is 6.61 Å². The number of carbonyl (C=O) groups excluding carboxylic acids is 2. The molecule has 8 heteroatoms. The van der Waals surface area contributed by atoms with E-state index in [0.29, 0.717) is 12.8 Å². The van der Waals surface area contributed by atoms with Crippen LogP contribution in [0.15, 0.2) is 29.3 Å². The average molecular weight is 376 g/mol. The maximum Gasteiger partial charge on any atom is 0.434 e. The monoisotopic (exact) mass is 376 g/mol. The lowest BCUT2D eigenvalue weighted by Gasteiger charge is -2.23. The second-order valence-corrected chi connectivity index (χ2v) is 7.50. The number of non-ortho nitro benzene ring substituents is 1. The quantitative estimate of drug-likeness (QED) is 0.440. The number of hydrogen-bond acceptors (Lipinski definition) is 6. The fraction of sp³-hybridized carbons (Fsp3) is 0.526. The first-order valence-corrected chi connectivity index (χ1v) is 8.85. The highest BCUT2D eigenvalue weighted by molar-refractivity contribution is 5.93. The number of aliphatic imine (C=N–C) groups is 1. The Morgan fingerprint density at radius 2 is 1.78 bits per heavy atom. The van der Waals surface area contributed by atoms with Gasteiger partial charge in [-0.15, -0.1) is 0 Å². The molecule has 1 aromatic rings. The van der Waals surface area contributed by atoms with Gasteiger partial charge in [0.15, 0.2) is 0 Å². The number of carbonyl (C=O) groups is 2. The number of nitrogens with zero attached hydrogens (tertiary/aromatic N) is 2. The number of amides is 1. The van der Waals surface area contributed by atoms with Gasteiger partial charge in [0, 0.05) is 17.8 Å². The third kappa shape index (κ3) is 6.80. The highest BCUT2D eigenvalue weighted by Gasteiger charge is 2.22. The van der Waals surface area contributed by atoms with E-state index in [4.69, 9.17) is 9.47 Å². The summed E-state index contributed by atoms with van der Waals surface area (Å²) in [6.07, 6.45) is 2.31. The van der Waals surface area contributed by atoms with E-state index in [9.17, 15) is 19.7 Å². The number of benzene rings is 1. The van der Waals surface area contributed by atoms with Crippen LogP contribution in [-0.2, 0) is 9.47 Å². The largest absolute Gasteiger partial charge is 0.462 e. The summed E-state index contributed by atoms with van der Waals surface area (Å²) in [5.41, 5.74) is 0.450. The molecule has 1 saturated carbocycles. The maximum atomic E-state index is 12.0. The summed E-state index contributed by atoms with van der Waals surface area (Å²) < 4.78 is 10.5. The molecule has 1 aliphatic rings. The minimum atomic E-state index is -0.569. The third-order valence-corrected chi connectivity index (χ3v) is 4.09. The van der Waals surface area contributed by atoms with Crippen molar-refractivity contribution in [2.24, 2.45) is 10.9 Å². The molecule has 146 valence electrons. The van der Waals surface area contributed by atoms with Crippen LogP contribution in [0.3, 0.4) is 0 Å². The van der Waals surface area contributed by atoms with E-state index in [0.717, 1.165) is 18.6 Å². The first kappa shape index (κ1) is 20.5. The van der Waals surface area contributed by atoms with E-state index in [-0.39, 0.29) is 23.8 Å². The number of nitro benzene ring substituents is 1. The Bertz CT molecular complexity index is 724. The number of ether oxygens (including phenoxy) is 2. The molecule has 0 bridgehead atoms. The highest BCUT2D eigenvalue weighted by Crippen LogP contribution is 2.24. The molecule has 2 rings (SSSR count). The molecule has 0 atom stereocenters. The van der Waals surface area contributed by atoms with E-state index in [1.54, 1.807) is 20.8 Å². The molecule has 0 N–H and O–H groups in total. The molecule has 27 heavy (non-hydrogen) atoms. The van der Waals surface area contributed by atoms with Crippen molar-refractivity contribution in [1.29, 1.82) is 0 Å². The van der Waals surface area contributed by atoms with Crippen LogP contribution in [0, 0.1) is 16.0 Å². The SMILES string of the molecule is CC(C)(C)OC(=O)N=C1CCC(COC(=O)c2ccc([N+](=O)[O-])cc2)CC1. The second-order valence-electron chi connectivity index (χ2n) is 7.50. The minimum absolute atomic E-state index is 0.0735. The standard InChI is InChI=1S/C19H24N2O6/c1-19(2,3)27-18(23)20-15-8-4-13(5-9-15)12-26-17(22)14-6-10-16(11-7-14)21(24)25/h6-7,10-11,13H,4-5,8-9,12H2,1-3H3. The predicted molar refractivity (Wildman–Crippen MR) is 99.0 cm³/mol. The first-order valence-electron chi connectivity index (χ1n) is 8.85. The van der Waals surface area contributed by atoms with Crippen LogP contribution in [0.25, 0.3) is 0 Å². The van der Waals surface area contributed by atoms with Crippen LogP contribution in [0.5, 0.6) is 0 Å². The summed E-state index contributed by atoms with van der Waals surface area (Å²) in [5.74, 6) is -0.303. The number of rotatable bonds is 4. The van der Waals surface area contributed by atoms with E-state index < -0.39 is 22.6 Å². The van der Waals surface area contributed by atoms with Gasteiger partial charge in [-0.3, -0.25) is 10.1 Å². The van der Waals surface area contributed by atoms with Crippen LogP contribution in [0.1, 0.15) is 56.8 Å². The van der Waals surface area contributed by atoms with Gasteiger partial charge in [0.1, 0.15) is 5.60 Å². The van der Waals surface area contributed by atoms with Gasteiger partial charge in [-0.05, 0) is 64.5 Å². The predicted octanol–water partition coefficient (Wildman–Crippen LogP) is 4.32. The van der Waals surface area contributed by atoms with Gasteiger partial charge in [-0.1, -0.05) is 0 Å². The maximum absolute atomic E-state index is 12.0. The fourth-order valence-corrected chi connectivity index (χ4v) is 2.70. The van der Waals surface area contributed by atoms with Gasteiger partial charge in [0.2, 0.25) is 0 Å². The van der Waals surface area contributed by atoms with Crippen molar-refractivity contribution in [3.8, 4) is 0 Å². The molecule has 0 radical (unpaired) electrons. The molecule has 0 spiro atoms. The van der Waals surface area contributed by atoms with E-state index in [2.05, 4.69) is 4.99 Å². The summed E-state index contributed by atoms with van der Waals surface area (Å²) in [4.78, 5) is 37.9. The van der Waals surface area contributed by atoms with Crippen molar-refractivity contribution < 1.29 is 24.0 Å². The van der Waals surface area contributed by atoms with Gasteiger partial charge < -0.3 is 9.47 Å². The van der Waals surface area contributed by atoms with E-state index in [1.807, 2.05) is 0 Å². The number of hydrogen-bond donors (Lipinski definition) is 0.